The van der Waals surface area contributed by atoms with Crippen LogP contribution in [-0.4, -0.2) is 19.2 Å². The van der Waals surface area contributed by atoms with Crippen molar-refractivity contribution >= 4 is 5.69 Å². The zero-order chi connectivity index (χ0) is 13.7. The fraction of sp³-hybridized carbons (Fsp3) is 0.600. The van der Waals surface area contributed by atoms with Gasteiger partial charge in [-0.05, 0) is 50.7 Å². The molecule has 0 saturated heterocycles. The topological polar surface area (TPSA) is 47.3 Å². The fourth-order valence-electron chi connectivity index (χ4n) is 2.54. The van der Waals surface area contributed by atoms with E-state index in [-0.39, 0.29) is 5.82 Å². The van der Waals surface area contributed by atoms with Gasteiger partial charge in [0.05, 0.1) is 6.61 Å². The van der Waals surface area contributed by atoms with Crippen molar-refractivity contribution in [2.24, 2.45) is 11.7 Å². The van der Waals surface area contributed by atoms with Crippen LogP contribution in [0.1, 0.15) is 32.6 Å². The molecule has 0 spiro atoms. The first-order valence-electron chi connectivity index (χ1n) is 7.11. The Labute approximate surface area is 114 Å². The summed E-state index contributed by atoms with van der Waals surface area (Å²) in [5.74, 6) is 0.656. The van der Waals surface area contributed by atoms with Crippen LogP contribution in [0.2, 0.25) is 0 Å². The maximum Gasteiger partial charge on any atom is 0.167 e. The van der Waals surface area contributed by atoms with Gasteiger partial charge in [-0.25, -0.2) is 4.39 Å². The number of halogens is 1. The van der Waals surface area contributed by atoms with Gasteiger partial charge in [0.15, 0.2) is 11.6 Å². The number of hydrogen-bond donors (Lipinski definition) is 2. The monoisotopic (exact) mass is 266 g/mol. The summed E-state index contributed by atoms with van der Waals surface area (Å²) in [6.07, 6.45) is 4.52. The second kappa shape index (κ2) is 6.75. The first-order chi connectivity index (χ1) is 9.19. The van der Waals surface area contributed by atoms with Gasteiger partial charge < -0.3 is 15.8 Å². The molecule has 3 N–H and O–H groups in total. The quantitative estimate of drug-likeness (QED) is 0.860. The molecule has 2 rings (SSSR count). The largest absolute Gasteiger partial charge is 0.491 e. The van der Waals surface area contributed by atoms with Crippen molar-refractivity contribution in [2.75, 3.05) is 18.5 Å². The van der Waals surface area contributed by atoms with Crippen molar-refractivity contribution in [1.29, 1.82) is 0 Å². The molecule has 4 heteroatoms. The van der Waals surface area contributed by atoms with Crippen LogP contribution in [-0.2, 0) is 0 Å². The summed E-state index contributed by atoms with van der Waals surface area (Å²) in [6.45, 7) is 3.21. The van der Waals surface area contributed by atoms with Crippen molar-refractivity contribution in [1.82, 2.24) is 0 Å². The standard InChI is InChI=1S/C15H23FN2O/c1-2-19-15-8-7-13(9-14(15)16)18-10-11-3-5-12(17)6-4-11/h7-9,11-12,18H,2-6,10,17H2,1H3. The van der Waals surface area contributed by atoms with Gasteiger partial charge in [-0.2, -0.15) is 0 Å². The SMILES string of the molecule is CCOc1ccc(NCC2CCC(N)CC2)cc1F. The molecule has 1 aliphatic carbocycles. The Hall–Kier alpha value is -1.29. The molecule has 0 heterocycles. The van der Waals surface area contributed by atoms with Crippen LogP contribution >= 0.6 is 0 Å². The van der Waals surface area contributed by atoms with Gasteiger partial charge >= 0.3 is 0 Å². The van der Waals surface area contributed by atoms with Crippen LogP contribution in [0, 0.1) is 11.7 Å². The highest BCUT2D eigenvalue weighted by molar-refractivity contribution is 5.47. The van der Waals surface area contributed by atoms with Crippen LogP contribution in [0.25, 0.3) is 0 Å². The van der Waals surface area contributed by atoms with E-state index >= 15 is 0 Å². The first kappa shape index (κ1) is 14.1. The van der Waals surface area contributed by atoms with Crippen molar-refractivity contribution in [2.45, 2.75) is 38.6 Å². The number of nitrogens with one attached hydrogen (secondary N) is 1. The summed E-state index contributed by atoms with van der Waals surface area (Å²) >= 11 is 0. The molecular formula is C15H23FN2O. The van der Waals surface area contributed by atoms with Crippen molar-refractivity contribution in [3.05, 3.63) is 24.0 Å². The minimum atomic E-state index is -0.308. The molecular weight excluding hydrogens is 243 g/mol. The molecule has 0 atom stereocenters. The smallest absolute Gasteiger partial charge is 0.167 e. The van der Waals surface area contributed by atoms with Crippen LogP contribution < -0.4 is 15.8 Å². The number of hydrogen-bond acceptors (Lipinski definition) is 3. The van der Waals surface area contributed by atoms with Crippen molar-refractivity contribution in [3.8, 4) is 5.75 Å². The van der Waals surface area contributed by atoms with Gasteiger partial charge in [-0.1, -0.05) is 0 Å². The van der Waals surface area contributed by atoms with E-state index in [9.17, 15) is 4.39 Å². The van der Waals surface area contributed by atoms with Crippen LogP contribution in [0.3, 0.4) is 0 Å². The average Bonchev–Trinajstić information content (AvgIpc) is 2.41. The Morgan fingerprint density at radius 2 is 2.05 bits per heavy atom. The summed E-state index contributed by atoms with van der Waals surface area (Å²) in [7, 11) is 0. The molecule has 1 fully saturated rings. The van der Waals surface area contributed by atoms with Crippen molar-refractivity contribution in [3.63, 3.8) is 0 Å². The highest BCUT2D eigenvalue weighted by atomic mass is 19.1. The summed E-state index contributed by atoms with van der Waals surface area (Å²) in [4.78, 5) is 0. The number of benzene rings is 1. The normalized spacial score (nSPS) is 23.1. The van der Waals surface area contributed by atoms with Crippen LogP contribution in [0.5, 0.6) is 5.75 Å². The number of ether oxygens (including phenoxy) is 1. The molecule has 19 heavy (non-hydrogen) atoms. The maximum atomic E-state index is 13.7. The molecule has 0 unspecified atom stereocenters. The Kier molecular flexibility index (Phi) is 5.02. The molecule has 1 saturated carbocycles. The summed E-state index contributed by atoms with van der Waals surface area (Å²) < 4.78 is 18.9. The minimum Gasteiger partial charge on any atom is -0.491 e. The van der Waals surface area contributed by atoms with Gasteiger partial charge in [-0.3, -0.25) is 0 Å². The second-order valence-corrected chi connectivity index (χ2v) is 5.24. The zero-order valence-electron chi connectivity index (χ0n) is 11.5. The minimum absolute atomic E-state index is 0.308. The molecule has 1 aromatic carbocycles. The highest BCUT2D eigenvalue weighted by Gasteiger charge is 2.18. The van der Waals surface area contributed by atoms with Crippen LogP contribution in [0.15, 0.2) is 18.2 Å². The Bertz CT molecular complexity index is 403. The third-order valence-electron chi connectivity index (χ3n) is 3.72. The van der Waals surface area contributed by atoms with E-state index in [0.29, 0.717) is 24.3 Å². The van der Waals surface area contributed by atoms with Crippen LogP contribution in [0.4, 0.5) is 10.1 Å². The van der Waals surface area contributed by atoms with E-state index in [1.165, 1.54) is 6.07 Å². The van der Waals surface area contributed by atoms with E-state index < -0.39 is 0 Å². The number of anilines is 1. The zero-order valence-corrected chi connectivity index (χ0v) is 11.5. The molecule has 0 aliphatic heterocycles. The maximum absolute atomic E-state index is 13.7. The third kappa shape index (κ3) is 4.10. The van der Waals surface area contributed by atoms with Crippen molar-refractivity contribution < 1.29 is 9.13 Å². The van der Waals surface area contributed by atoms with Gasteiger partial charge in [0.1, 0.15) is 0 Å². The fourth-order valence-corrected chi connectivity index (χ4v) is 2.54. The van der Waals surface area contributed by atoms with Gasteiger partial charge in [-0.15, -0.1) is 0 Å². The molecule has 3 nitrogen and oxygen atoms in total. The number of rotatable bonds is 5. The third-order valence-corrected chi connectivity index (χ3v) is 3.72. The molecule has 0 radical (unpaired) electrons. The van der Waals surface area contributed by atoms with E-state index in [1.54, 1.807) is 6.07 Å². The lowest BCUT2D eigenvalue weighted by atomic mass is 9.86. The average molecular weight is 266 g/mol. The first-order valence-corrected chi connectivity index (χ1v) is 7.11. The second-order valence-electron chi connectivity index (χ2n) is 5.24. The molecule has 106 valence electrons. The predicted molar refractivity (Wildman–Crippen MR) is 76.0 cm³/mol. The molecule has 1 aromatic rings. The predicted octanol–water partition coefficient (Wildman–Crippen LogP) is 3.15. The lowest BCUT2D eigenvalue weighted by molar-refractivity contribution is 0.321. The highest BCUT2D eigenvalue weighted by Crippen LogP contribution is 2.25. The molecule has 1 aliphatic rings. The summed E-state index contributed by atoms with van der Waals surface area (Å²) in [5, 5.41) is 3.30. The summed E-state index contributed by atoms with van der Waals surface area (Å²) in [5.41, 5.74) is 6.70. The number of nitrogens with two attached hydrogens (primary N) is 1. The van der Waals surface area contributed by atoms with E-state index in [4.69, 9.17) is 10.5 Å². The molecule has 0 amide bonds. The Balaban J connectivity index is 1.84. The Morgan fingerprint density at radius 3 is 2.68 bits per heavy atom. The molecule has 0 aromatic heterocycles. The molecule has 0 bridgehead atoms. The van der Waals surface area contributed by atoms with Gasteiger partial charge in [0.25, 0.3) is 0 Å². The van der Waals surface area contributed by atoms with E-state index in [2.05, 4.69) is 5.32 Å². The van der Waals surface area contributed by atoms with Gasteiger partial charge in [0, 0.05) is 24.3 Å². The lowest BCUT2D eigenvalue weighted by Gasteiger charge is -2.26. The lowest BCUT2D eigenvalue weighted by Crippen LogP contribution is -2.29. The van der Waals surface area contributed by atoms with E-state index in [1.807, 2.05) is 13.0 Å². The van der Waals surface area contributed by atoms with E-state index in [0.717, 1.165) is 37.9 Å². The summed E-state index contributed by atoms with van der Waals surface area (Å²) in [6, 6.07) is 5.42. The Morgan fingerprint density at radius 1 is 1.32 bits per heavy atom. The van der Waals surface area contributed by atoms with Gasteiger partial charge in [0.2, 0.25) is 0 Å².